The zero-order valence-corrected chi connectivity index (χ0v) is 33.9. The molecule has 12 N–H and O–H groups in total. The molecule has 0 radical (unpaired) electrons. The number of aliphatic carboxylic acids is 8. The lowest BCUT2D eigenvalue weighted by atomic mass is 9.67. The zero-order chi connectivity index (χ0) is 45.8. The Labute approximate surface area is 352 Å². The number of carboxylic acid groups (broad SMARTS) is 8. The van der Waals surface area contributed by atoms with E-state index in [2.05, 4.69) is 20.6 Å². The molecule has 20 nitrogen and oxygen atoms in total. The highest BCUT2D eigenvalue weighted by molar-refractivity contribution is 5.78. The molecule has 2 aromatic heterocycles. The second-order valence-electron chi connectivity index (χ2n) is 16.6. The van der Waals surface area contributed by atoms with E-state index < -0.39 is 134 Å². The average molecular weight is 867 g/mol. The molecule has 0 amide bonds. The molecule has 5 rings (SSSR count). The average Bonchev–Trinajstić information content (AvgIpc) is 3.77. The predicted molar refractivity (Wildman–Crippen MR) is 215 cm³/mol. The molecule has 6 atom stereocenters. The number of hydrogen-bond acceptors (Lipinski definition) is 10. The first-order valence-electron chi connectivity index (χ1n) is 19.9. The van der Waals surface area contributed by atoms with Gasteiger partial charge in [0.15, 0.2) is 0 Å². The van der Waals surface area contributed by atoms with Gasteiger partial charge in [-0.3, -0.25) is 38.4 Å². The topological polar surface area (TPSA) is 354 Å². The van der Waals surface area contributed by atoms with Crippen LogP contribution in [-0.2, 0) is 64.0 Å². The summed E-state index contributed by atoms with van der Waals surface area (Å²) < 4.78 is 0. The molecule has 0 aromatic carbocycles. The van der Waals surface area contributed by atoms with Gasteiger partial charge < -0.3 is 61.5 Å². The van der Waals surface area contributed by atoms with Crippen molar-refractivity contribution in [1.82, 2.24) is 20.6 Å². The van der Waals surface area contributed by atoms with Crippen LogP contribution in [0.2, 0.25) is 0 Å². The van der Waals surface area contributed by atoms with Gasteiger partial charge in [-0.15, -0.1) is 0 Å². The first-order chi connectivity index (χ1) is 29.0. The quantitative estimate of drug-likeness (QED) is 0.0893. The molecule has 2 aromatic rings. The van der Waals surface area contributed by atoms with Crippen molar-refractivity contribution in [2.45, 2.75) is 103 Å². The van der Waals surface area contributed by atoms with Crippen LogP contribution < -0.4 is 21.3 Å². The van der Waals surface area contributed by atoms with E-state index in [1.54, 1.807) is 26.0 Å². The molecule has 20 heteroatoms. The number of carbonyl (C=O) groups is 8. The Morgan fingerprint density at radius 3 is 1.68 bits per heavy atom. The van der Waals surface area contributed by atoms with Gasteiger partial charge >= 0.3 is 47.8 Å². The van der Waals surface area contributed by atoms with Crippen molar-refractivity contribution >= 4 is 66.0 Å². The Morgan fingerprint density at radius 2 is 1.11 bits per heavy atom. The number of carboxylic acids is 8. The highest BCUT2D eigenvalue weighted by atomic mass is 16.4. The Hall–Kier alpha value is -6.70. The fraction of sp³-hybridized carbons (Fsp3) is 0.476. The van der Waals surface area contributed by atoms with E-state index in [-0.39, 0.29) is 81.4 Å². The van der Waals surface area contributed by atoms with Crippen molar-refractivity contribution < 1.29 is 79.2 Å². The molecule has 8 bridgehead atoms. The van der Waals surface area contributed by atoms with E-state index in [9.17, 15) is 79.2 Å². The zero-order valence-electron chi connectivity index (χ0n) is 33.9. The Kier molecular flexibility index (Phi) is 13.8. The fourth-order valence-electron chi connectivity index (χ4n) is 9.61. The second kappa shape index (κ2) is 18.5. The number of fused-ring (bicyclic) bond motifs is 8. The summed E-state index contributed by atoms with van der Waals surface area (Å²) in [6.45, 7) is 3.26. The molecule has 0 spiro atoms. The van der Waals surface area contributed by atoms with E-state index in [1.807, 2.05) is 0 Å². The van der Waals surface area contributed by atoms with Crippen LogP contribution in [0.1, 0.15) is 98.9 Å². The monoisotopic (exact) mass is 866 g/mol. The van der Waals surface area contributed by atoms with Gasteiger partial charge in [-0.05, 0) is 78.2 Å². The van der Waals surface area contributed by atoms with Crippen molar-refractivity contribution in [2.24, 2.45) is 22.7 Å². The molecule has 0 aliphatic carbocycles. The number of aromatic nitrogens is 2. The molecule has 5 heterocycles. The van der Waals surface area contributed by atoms with Crippen LogP contribution >= 0.6 is 0 Å². The molecule has 62 heavy (non-hydrogen) atoms. The van der Waals surface area contributed by atoms with Gasteiger partial charge in [0.25, 0.3) is 0 Å². The predicted octanol–water partition coefficient (Wildman–Crippen LogP) is 1.35. The molecule has 1 unspecified atom stereocenters. The maximum absolute atomic E-state index is 12.6. The summed E-state index contributed by atoms with van der Waals surface area (Å²) in [5.41, 5.74) is -1.00. The summed E-state index contributed by atoms with van der Waals surface area (Å²) in [5, 5.41) is 86.9. The van der Waals surface area contributed by atoms with Crippen molar-refractivity contribution in [3.63, 3.8) is 0 Å². The molecule has 3 aliphatic heterocycles. The first kappa shape index (κ1) is 46.4. The number of hydrogen-bond donors (Lipinski definition) is 12. The summed E-state index contributed by atoms with van der Waals surface area (Å²) in [6.07, 6.45) is 1.62. The van der Waals surface area contributed by atoms with Crippen LogP contribution in [0.15, 0.2) is 17.5 Å². The van der Waals surface area contributed by atoms with Gasteiger partial charge in [-0.1, -0.05) is 13.8 Å². The third kappa shape index (κ3) is 10.2. The maximum atomic E-state index is 12.6. The highest BCUT2D eigenvalue weighted by Gasteiger charge is 2.53. The third-order valence-corrected chi connectivity index (χ3v) is 12.4. The minimum absolute atomic E-state index is 0.0656. The van der Waals surface area contributed by atoms with E-state index in [0.29, 0.717) is 0 Å². The smallest absolute Gasteiger partial charge is 0.307 e. The molecule has 0 saturated carbocycles. The lowest BCUT2D eigenvalue weighted by molar-refractivity contribution is -0.141. The standard InChI is InChI=1S/C42H50N4O16/c1-41(17-39(59)60)23(5-9-35(51)52)29-14-27-21(11-37(55)56)19(3-7-33(47)48)25(43-27)13-26-20(4-8-34(49)50)22(12-38(57)58)28(44-26)15-31-42(2,18-40(61)62)24(6-10-36(53)54)30(46-31)16-32(41)45-29/h13-16,23-24,30-31,43-46H,3-12,17-18H2,1-2H3,(H,47,48)(H,49,50)(H,51,52)(H,53,54)(H,55,56)(H,57,58)(H,59,60)(H,61,62)/b26-13+,28-15+,29-14+,32-16-/t23-,24-,30-,31?,41+,42+/m1/s1. The number of nitrogens with one attached hydrogen (secondary N) is 4. The largest absolute Gasteiger partial charge is 0.481 e. The van der Waals surface area contributed by atoms with Crippen LogP contribution in [0, 0.1) is 22.7 Å². The minimum atomic E-state index is -1.38. The number of rotatable bonds is 20. The Bertz CT molecular complexity index is 2390. The summed E-state index contributed by atoms with van der Waals surface area (Å²) in [5.74, 6) is -11.5. The SMILES string of the molecule is C[C@@]1(CC(=O)O)/C2=C/[C@H]3NC(/C=c4/[nH]/c(c(CCC(=O)O)c4CC(=O)O)=C/c4[nH]c(c(CC(=O)O)c4CCC(=O)O)/C=C(/N2)[C@H]1CCC(=O)O)[C@@](C)(CC(=O)O)[C@@H]3CCC(=O)O. The van der Waals surface area contributed by atoms with Gasteiger partial charge in [0, 0.05) is 88.0 Å². The van der Waals surface area contributed by atoms with Gasteiger partial charge in [-0.2, -0.15) is 0 Å². The molecule has 3 aliphatic rings. The van der Waals surface area contributed by atoms with Crippen molar-refractivity contribution in [1.29, 1.82) is 0 Å². The summed E-state index contributed by atoms with van der Waals surface area (Å²) in [6, 6.07) is -1.82. The number of allylic oxidation sites excluding steroid dienone is 2. The summed E-state index contributed by atoms with van der Waals surface area (Å²) in [4.78, 5) is 104. The molecule has 334 valence electrons. The normalized spacial score (nSPS) is 26.6. The second-order valence-corrected chi connectivity index (χ2v) is 16.6. The van der Waals surface area contributed by atoms with E-state index >= 15 is 0 Å². The Balaban J connectivity index is 1.99. The molecule has 2 fully saturated rings. The fourth-order valence-corrected chi connectivity index (χ4v) is 9.61. The number of aromatic amines is 2. The molecular weight excluding hydrogens is 816 g/mol. The van der Waals surface area contributed by atoms with Crippen molar-refractivity contribution in [3.05, 3.63) is 61.8 Å². The maximum Gasteiger partial charge on any atom is 0.307 e. The highest BCUT2D eigenvalue weighted by Crippen LogP contribution is 2.52. The lowest BCUT2D eigenvalue weighted by Gasteiger charge is -2.35. The van der Waals surface area contributed by atoms with Crippen LogP contribution in [0.5, 0.6) is 0 Å². The van der Waals surface area contributed by atoms with Gasteiger partial charge in [-0.25, -0.2) is 0 Å². The summed E-state index contributed by atoms with van der Waals surface area (Å²) >= 11 is 0. The lowest BCUT2D eigenvalue weighted by Crippen LogP contribution is -2.39. The minimum Gasteiger partial charge on any atom is -0.481 e. The van der Waals surface area contributed by atoms with E-state index in [1.165, 1.54) is 12.2 Å². The van der Waals surface area contributed by atoms with Crippen LogP contribution in [0.4, 0.5) is 0 Å². The van der Waals surface area contributed by atoms with Crippen LogP contribution in [0.3, 0.4) is 0 Å². The molecule has 2 saturated heterocycles. The number of H-pyrrole nitrogens is 2. The Morgan fingerprint density at radius 1 is 0.565 bits per heavy atom. The van der Waals surface area contributed by atoms with Gasteiger partial charge in [0.05, 0.1) is 25.7 Å². The molecular formula is C42H50N4O16. The van der Waals surface area contributed by atoms with Gasteiger partial charge in [0.1, 0.15) is 0 Å². The van der Waals surface area contributed by atoms with Crippen LogP contribution in [0.25, 0.3) is 18.2 Å². The van der Waals surface area contributed by atoms with Crippen molar-refractivity contribution in [2.75, 3.05) is 0 Å². The van der Waals surface area contributed by atoms with E-state index in [4.69, 9.17) is 0 Å². The summed E-state index contributed by atoms with van der Waals surface area (Å²) in [7, 11) is 0. The van der Waals surface area contributed by atoms with Gasteiger partial charge in [0.2, 0.25) is 0 Å². The van der Waals surface area contributed by atoms with Crippen molar-refractivity contribution in [3.8, 4) is 0 Å². The van der Waals surface area contributed by atoms with E-state index in [0.717, 1.165) is 0 Å². The van der Waals surface area contributed by atoms with Crippen LogP contribution in [-0.4, -0.2) is 111 Å². The first-order valence-corrected chi connectivity index (χ1v) is 19.9. The third-order valence-electron chi connectivity index (χ3n) is 12.4.